The highest BCUT2D eigenvalue weighted by molar-refractivity contribution is 7.86. The molecule has 1 aromatic heterocycles. The Hall–Kier alpha value is -1.76. The molecular weight excluding hydrogens is 349 g/mol. The largest absolute Gasteiger partial charge is 0.436 e. The van der Waals surface area contributed by atoms with Gasteiger partial charge in [-0.05, 0) is 30.3 Å². The van der Waals surface area contributed by atoms with Crippen LogP contribution in [0.15, 0.2) is 40.8 Å². The highest BCUT2D eigenvalue weighted by Crippen LogP contribution is 2.35. The van der Waals surface area contributed by atoms with Gasteiger partial charge in [0.2, 0.25) is 5.89 Å². The van der Waals surface area contributed by atoms with Gasteiger partial charge in [0.05, 0.1) is 11.8 Å². The van der Waals surface area contributed by atoms with Gasteiger partial charge in [-0.1, -0.05) is 23.2 Å². The monoisotopic (exact) mass is 357 g/mol. The first kappa shape index (κ1) is 15.1. The molecule has 22 heavy (non-hydrogen) atoms. The van der Waals surface area contributed by atoms with E-state index in [1.54, 1.807) is 30.3 Å². The van der Waals surface area contributed by atoms with Gasteiger partial charge in [0, 0.05) is 16.1 Å². The number of oxazole rings is 1. The molecule has 3 aromatic rings. The van der Waals surface area contributed by atoms with Crippen molar-refractivity contribution in [3.8, 4) is 17.2 Å². The van der Waals surface area contributed by atoms with Gasteiger partial charge >= 0.3 is 10.1 Å². The fourth-order valence-electron chi connectivity index (χ4n) is 1.92. The molecule has 0 radical (unpaired) electrons. The summed E-state index contributed by atoms with van der Waals surface area (Å²) in [5, 5.41) is 0.859. The maximum Gasteiger partial charge on any atom is 0.306 e. The van der Waals surface area contributed by atoms with E-state index in [9.17, 15) is 8.42 Å². The lowest BCUT2D eigenvalue weighted by Gasteiger charge is -2.07. The minimum Gasteiger partial charge on any atom is -0.436 e. The van der Waals surface area contributed by atoms with Crippen molar-refractivity contribution in [1.82, 2.24) is 4.98 Å². The quantitative estimate of drug-likeness (QED) is 0.658. The molecule has 8 heteroatoms. The minimum absolute atomic E-state index is 0.0488. The first-order valence-corrected chi connectivity index (χ1v) is 8.64. The summed E-state index contributed by atoms with van der Waals surface area (Å²) in [6.07, 6.45) is 0.948. The second-order valence-corrected chi connectivity index (χ2v) is 7.01. The molecule has 0 fully saturated rings. The molecule has 0 amide bonds. The van der Waals surface area contributed by atoms with E-state index in [4.69, 9.17) is 31.8 Å². The van der Waals surface area contributed by atoms with Crippen molar-refractivity contribution in [2.45, 2.75) is 0 Å². The summed E-state index contributed by atoms with van der Waals surface area (Å²) in [4.78, 5) is 4.30. The summed E-state index contributed by atoms with van der Waals surface area (Å²) in [5.41, 5.74) is 1.46. The van der Waals surface area contributed by atoms with Crippen LogP contribution in [0.1, 0.15) is 0 Å². The Bertz CT molecular complexity index is 966. The van der Waals surface area contributed by atoms with E-state index >= 15 is 0 Å². The Balaban J connectivity index is 2.17. The lowest BCUT2D eigenvalue weighted by Crippen LogP contribution is -2.06. The first-order chi connectivity index (χ1) is 10.3. The van der Waals surface area contributed by atoms with Crippen LogP contribution in [-0.4, -0.2) is 19.7 Å². The molecule has 0 spiro atoms. The summed E-state index contributed by atoms with van der Waals surface area (Å²) < 4.78 is 33.3. The molecule has 114 valence electrons. The molecule has 0 unspecified atom stereocenters. The molecule has 0 bridgehead atoms. The van der Waals surface area contributed by atoms with Crippen molar-refractivity contribution >= 4 is 44.4 Å². The molecule has 2 aromatic carbocycles. The van der Waals surface area contributed by atoms with Crippen molar-refractivity contribution < 1.29 is 17.0 Å². The highest BCUT2D eigenvalue weighted by atomic mass is 35.5. The van der Waals surface area contributed by atoms with Crippen LogP contribution in [0.2, 0.25) is 10.0 Å². The van der Waals surface area contributed by atoms with Crippen LogP contribution in [0.5, 0.6) is 5.75 Å². The standard InChI is InChI=1S/C14H9Cl2NO4S/c1-22(18,19)21-13-7-9(16)2-4-10(13)14-17-11-6-8(15)3-5-12(11)20-14/h2-7H,1H3. The zero-order valence-electron chi connectivity index (χ0n) is 11.2. The van der Waals surface area contributed by atoms with Crippen molar-refractivity contribution in [3.05, 3.63) is 46.4 Å². The van der Waals surface area contributed by atoms with E-state index in [1.807, 2.05) is 0 Å². The van der Waals surface area contributed by atoms with Gasteiger partial charge in [-0.15, -0.1) is 0 Å². The number of nitrogens with zero attached hydrogens (tertiary/aromatic N) is 1. The van der Waals surface area contributed by atoms with Gasteiger partial charge in [0.15, 0.2) is 11.3 Å². The van der Waals surface area contributed by atoms with E-state index in [-0.39, 0.29) is 11.6 Å². The number of fused-ring (bicyclic) bond motifs is 1. The molecule has 0 aliphatic heterocycles. The number of hydrogen-bond donors (Lipinski definition) is 0. The third-order valence-corrected chi connectivity index (χ3v) is 3.72. The Labute approximate surface area is 136 Å². The summed E-state index contributed by atoms with van der Waals surface area (Å²) in [7, 11) is -3.71. The zero-order valence-corrected chi connectivity index (χ0v) is 13.5. The lowest BCUT2D eigenvalue weighted by atomic mass is 10.2. The predicted octanol–water partition coefficient (Wildman–Crippen LogP) is 4.14. The van der Waals surface area contributed by atoms with Crippen LogP contribution in [0.3, 0.4) is 0 Å². The predicted molar refractivity (Wildman–Crippen MR) is 84.9 cm³/mol. The smallest absolute Gasteiger partial charge is 0.306 e. The topological polar surface area (TPSA) is 69.4 Å². The Kier molecular flexibility index (Phi) is 3.76. The second-order valence-electron chi connectivity index (χ2n) is 4.56. The Morgan fingerprint density at radius 3 is 2.50 bits per heavy atom. The molecule has 0 saturated heterocycles. The molecule has 5 nitrogen and oxygen atoms in total. The number of benzene rings is 2. The zero-order chi connectivity index (χ0) is 15.9. The number of rotatable bonds is 3. The van der Waals surface area contributed by atoms with E-state index in [2.05, 4.69) is 4.98 Å². The summed E-state index contributed by atoms with van der Waals surface area (Å²) in [6.45, 7) is 0. The summed E-state index contributed by atoms with van der Waals surface area (Å²) in [6, 6.07) is 9.57. The third kappa shape index (κ3) is 3.19. The second kappa shape index (κ2) is 5.46. The van der Waals surface area contributed by atoms with Crippen LogP contribution >= 0.6 is 23.2 Å². The number of halogens is 2. The number of hydrogen-bond acceptors (Lipinski definition) is 5. The minimum atomic E-state index is -3.71. The average Bonchev–Trinajstić information content (AvgIpc) is 2.79. The van der Waals surface area contributed by atoms with Crippen molar-refractivity contribution in [2.75, 3.05) is 6.26 Å². The van der Waals surface area contributed by atoms with Gasteiger partial charge in [0.1, 0.15) is 5.52 Å². The van der Waals surface area contributed by atoms with Crippen LogP contribution in [0, 0.1) is 0 Å². The van der Waals surface area contributed by atoms with E-state index in [0.29, 0.717) is 26.7 Å². The molecule has 0 saturated carbocycles. The van der Waals surface area contributed by atoms with Crippen LogP contribution in [0.25, 0.3) is 22.6 Å². The molecular formula is C14H9Cl2NO4S. The van der Waals surface area contributed by atoms with Crippen LogP contribution in [0.4, 0.5) is 0 Å². The van der Waals surface area contributed by atoms with Crippen LogP contribution in [-0.2, 0) is 10.1 Å². The van der Waals surface area contributed by atoms with E-state index in [1.165, 1.54) is 6.07 Å². The normalized spacial score (nSPS) is 11.8. The first-order valence-electron chi connectivity index (χ1n) is 6.07. The van der Waals surface area contributed by atoms with Gasteiger partial charge < -0.3 is 8.60 Å². The molecule has 0 aliphatic rings. The lowest BCUT2D eigenvalue weighted by molar-refractivity contribution is 0.492. The van der Waals surface area contributed by atoms with Crippen molar-refractivity contribution in [3.63, 3.8) is 0 Å². The molecule has 3 rings (SSSR count). The Morgan fingerprint density at radius 2 is 1.77 bits per heavy atom. The SMILES string of the molecule is CS(=O)(=O)Oc1cc(Cl)ccc1-c1nc2cc(Cl)ccc2o1. The highest BCUT2D eigenvalue weighted by Gasteiger charge is 2.17. The van der Waals surface area contributed by atoms with Crippen molar-refractivity contribution in [2.24, 2.45) is 0 Å². The molecule has 0 aliphatic carbocycles. The fourth-order valence-corrected chi connectivity index (χ4v) is 2.71. The van der Waals surface area contributed by atoms with Gasteiger partial charge in [0.25, 0.3) is 0 Å². The average molecular weight is 358 g/mol. The molecule has 0 atom stereocenters. The number of aromatic nitrogens is 1. The summed E-state index contributed by atoms with van der Waals surface area (Å²) in [5.74, 6) is 0.264. The fraction of sp³-hybridized carbons (Fsp3) is 0.0714. The van der Waals surface area contributed by atoms with Crippen molar-refractivity contribution in [1.29, 1.82) is 0 Å². The molecule has 0 N–H and O–H groups in total. The van der Waals surface area contributed by atoms with Gasteiger partial charge in [-0.3, -0.25) is 0 Å². The van der Waals surface area contributed by atoms with E-state index < -0.39 is 10.1 Å². The van der Waals surface area contributed by atoms with Crippen LogP contribution < -0.4 is 4.18 Å². The molecule has 1 heterocycles. The van der Waals surface area contributed by atoms with E-state index in [0.717, 1.165) is 6.26 Å². The van der Waals surface area contributed by atoms with Gasteiger partial charge in [-0.25, -0.2) is 4.98 Å². The third-order valence-electron chi connectivity index (χ3n) is 2.76. The maximum atomic E-state index is 11.4. The van der Waals surface area contributed by atoms with Gasteiger partial charge in [-0.2, -0.15) is 8.42 Å². The Morgan fingerprint density at radius 1 is 1.09 bits per heavy atom. The summed E-state index contributed by atoms with van der Waals surface area (Å²) >= 11 is 11.8. The maximum absolute atomic E-state index is 11.4.